The maximum atomic E-state index is 12.4. The lowest BCUT2D eigenvalue weighted by Crippen LogP contribution is -2.43. The maximum absolute atomic E-state index is 12.4. The Labute approximate surface area is 160 Å². The van der Waals surface area contributed by atoms with Gasteiger partial charge < -0.3 is 9.64 Å². The third kappa shape index (κ3) is 5.41. The zero-order chi connectivity index (χ0) is 20.2. The minimum absolute atomic E-state index is 0.0217. The molecule has 1 aromatic rings. The van der Waals surface area contributed by atoms with Crippen molar-refractivity contribution in [3.63, 3.8) is 0 Å². The smallest absolute Gasteiger partial charge is 0.331 e. The van der Waals surface area contributed by atoms with Crippen molar-refractivity contribution >= 4 is 27.8 Å². The van der Waals surface area contributed by atoms with Crippen LogP contribution >= 0.6 is 0 Å². The zero-order valence-electron chi connectivity index (χ0n) is 16.3. The van der Waals surface area contributed by atoms with Gasteiger partial charge in [0, 0.05) is 37.0 Å². The standard InChI is InChI=1S/C18H27N3O5S/c1-5-9-21(15-8-10-27(24,25)12-15)17(22)11-26-18(23)7-6-16-13(2)19-20(4)14(16)3/h6-7,15H,5,8-12H2,1-4H3/b7-6+/t15-/m1/s1. The first kappa shape index (κ1) is 21.1. The van der Waals surface area contributed by atoms with Crippen molar-refractivity contribution in [3.8, 4) is 0 Å². The summed E-state index contributed by atoms with van der Waals surface area (Å²) in [4.78, 5) is 25.9. The summed E-state index contributed by atoms with van der Waals surface area (Å²) in [6.07, 6.45) is 4.03. The van der Waals surface area contributed by atoms with Crippen molar-refractivity contribution in [2.45, 2.75) is 39.7 Å². The van der Waals surface area contributed by atoms with Crippen molar-refractivity contribution in [3.05, 3.63) is 23.0 Å². The van der Waals surface area contributed by atoms with Gasteiger partial charge in [0.05, 0.1) is 17.2 Å². The minimum Gasteiger partial charge on any atom is -0.452 e. The molecule has 0 bridgehead atoms. The third-order valence-corrected chi connectivity index (χ3v) is 6.47. The van der Waals surface area contributed by atoms with Crippen LogP contribution in [0.4, 0.5) is 0 Å². The quantitative estimate of drug-likeness (QED) is 0.503. The molecule has 2 heterocycles. The van der Waals surface area contributed by atoms with Gasteiger partial charge in [0.1, 0.15) is 0 Å². The number of esters is 1. The Hall–Kier alpha value is -2.16. The molecule has 1 amide bonds. The van der Waals surface area contributed by atoms with Gasteiger partial charge in [-0.05, 0) is 32.8 Å². The number of nitrogens with zero attached hydrogens (tertiary/aromatic N) is 3. The number of aryl methyl sites for hydroxylation is 2. The molecule has 0 spiro atoms. The molecule has 1 fully saturated rings. The largest absolute Gasteiger partial charge is 0.452 e. The van der Waals surface area contributed by atoms with Crippen molar-refractivity contribution in [2.24, 2.45) is 7.05 Å². The topological polar surface area (TPSA) is 98.6 Å². The van der Waals surface area contributed by atoms with Gasteiger partial charge in [-0.25, -0.2) is 13.2 Å². The molecular formula is C18H27N3O5S. The molecule has 0 aromatic carbocycles. The molecule has 1 atom stereocenters. The Morgan fingerprint density at radius 1 is 1.37 bits per heavy atom. The highest BCUT2D eigenvalue weighted by Gasteiger charge is 2.34. The van der Waals surface area contributed by atoms with Gasteiger partial charge in [0.15, 0.2) is 16.4 Å². The fourth-order valence-corrected chi connectivity index (χ4v) is 4.95. The van der Waals surface area contributed by atoms with Gasteiger partial charge in [-0.15, -0.1) is 0 Å². The molecule has 0 aliphatic carbocycles. The second-order valence-corrected chi connectivity index (χ2v) is 9.02. The van der Waals surface area contributed by atoms with Crippen LogP contribution in [-0.4, -0.2) is 65.7 Å². The number of hydrogen-bond donors (Lipinski definition) is 0. The molecule has 150 valence electrons. The first-order chi connectivity index (χ1) is 12.6. The van der Waals surface area contributed by atoms with Gasteiger partial charge in [-0.3, -0.25) is 9.48 Å². The number of carbonyl (C=O) groups is 2. The van der Waals surface area contributed by atoms with Gasteiger partial charge in [0.2, 0.25) is 0 Å². The molecular weight excluding hydrogens is 370 g/mol. The molecule has 0 N–H and O–H groups in total. The predicted octanol–water partition coefficient (Wildman–Crippen LogP) is 1.02. The number of ether oxygens (including phenoxy) is 1. The van der Waals surface area contributed by atoms with Crippen molar-refractivity contribution in [2.75, 3.05) is 24.7 Å². The molecule has 1 aliphatic rings. The molecule has 8 nitrogen and oxygen atoms in total. The highest BCUT2D eigenvalue weighted by molar-refractivity contribution is 7.91. The van der Waals surface area contributed by atoms with E-state index in [2.05, 4.69) is 5.10 Å². The molecule has 0 radical (unpaired) electrons. The van der Waals surface area contributed by atoms with E-state index >= 15 is 0 Å². The summed E-state index contributed by atoms with van der Waals surface area (Å²) >= 11 is 0. The van der Waals surface area contributed by atoms with Crippen LogP contribution in [0.2, 0.25) is 0 Å². The number of carbonyl (C=O) groups excluding carboxylic acids is 2. The summed E-state index contributed by atoms with van der Waals surface area (Å²) in [5.41, 5.74) is 2.56. The van der Waals surface area contributed by atoms with Crippen molar-refractivity contribution in [1.82, 2.24) is 14.7 Å². The lowest BCUT2D eigenvalue weighted by atomic mass is 10.2. The van der Waals surface area contributed by atoms with E-state index in [1.807, 2.05) is 27.8 Å². The molecule has 0 saturated carbocycles. The van der Waals surface area contributed by atoms with E-state index in [9.17, 15) is 18.0 Å². The lowest BCUT2D eigenvalue weighted by molar-refractivity contribution is -0.149. The first-order valence-corrected chi connectivity index (χ1v) is 10.8. The average molecular weight is 397 g/mol. The molecule has 27 heavy (non-hydrogen) atoms. The second-order valence-electron chi connectivity index (χ2n) is 6.79. The Morgan fingerprint density at radius 3 is 2.59 bits per heavy atom. The van der Waals surface area contributed by atoms with Gasteiger partial charge >= 0.3 is 5.97 Å². The summed E-state index contributed by atoms with van der Waals surface area (Å²) in [6.45, 7) is 5.70. The number of amides is 1. The van der Waals surface area contributed by atoms with Crippen LogP contribution in [0, 0.1) is 13.8 Å². The summed E-state index contributed by atoms with van der Waals surface area (Å²) in [5.74, 6) is -0.917. The Balaban J connectivity index is 1.94. The molecule has 0 unspecified atom stereocenters. The van der Waals surface area contributed by atoms with E-state index in [-0.39, 0.29) is 23.5 Å². The third-order valence-electron chi connectivity index (χ3n) is 4.72. The maximum Gasteiger partial charge on any atom is 0.331 e. The van der Waals surface area contributed by atoms with E-state index in [0.29, 0.717) is 19.4 Å². The first-order valence-electron chi connectivity index (χ1n) is 8.99. The fraction of sp³-hybridized carbons (Fsp3) is 0.611. The molecule has 9 heteroatoms. The summed E-state index contributed by atoms with van der Waals surface area (Å²) in [6, 6.07) is -0.336. The fourth-order valence-electron chi connectivity index (χ4n) is 3.22. The highest BCUT2D eigenvalue weighted by Crippen LogP contribution is 2.18. The van der Waals surface area contributed by atoms with Crippen LogP contribution in [-0.2, 0) is 31.2 Å². The highest BCUT2D eigenvalue weighted by atomic mass is 32.2. The minimum atomic E-state index is -3.09. The summed E-state index contributed by atoms with van der Waals surface area (Å²) in [5, 5.41) is 4.27. The Morgan fingerprint density at radius 2 is 2.07 bits per heavy atom. The van der Waals surface area contributed by atoms with Crippen LogP contribution in [0.15, 0.2) is 6.08 Å². The van der Waals surface area contributed by atoms with E-state index in [4.69, 9.17) is 4.74 Å². The monoisotopic (exact) mass is 397 g/mol. The zero-order valence-corrected chi connectivity index (χ0v) is 17.1. The number of hydrogen-bond acceptors (Lipinski definition) is 6. The van der Waals surface area contributed by atoms with Crippen LogP contribution < -0.4 is 0 Å². The van der Waals surface area contributed by atoms with Gasteiger partial charge in [-0.1, -0.05) is 6.92 Å². The van der Waals surface area contributed by atoms with E-state index in [1.165, 1.54) is 11.0 Å². The van der Waals surface area contributed by atoms with Crippen LogP contribution in [0.1, 0.15) is 36.7 Å². The second kappa shape index (κ2) is 8.69. The van der Waals surface area contributed by atoms with Crippen LogP contribution in [0.25, 0.3) is 6.08 Å². The van der Waals surface area contributed by atoms with E-state index in [0.717, 1.165) is 17.0 Å². The van der Waals surface area contributed by atoms with E-state index in [1.54, 1.807) is 10.8 Å². The van der Waals surface area contributed by atoms with Crippen LogP contribution in [0.5, 0.6) is 0 Å². The SMILES string of the molecule is CCCN(C(=O)COC(=O)/C=C/c1c(C)nn(C)c1C)[C@@H]1CCS(=O)(=O)C1. The summed E-state index contributed by atoms with van der Waals surface area (Å²) in [7, 11) is -1.27. The molecule has 2 rings (SSSR count). The number of rotatable bonds is 7. The normalized spacial score (nSPS) is 18.7. The Bertz CT molecular complexity index is 841. The number of sulfone groups is 1. The molecule has 1 aromatic heterocycles. The lowest BCUT2D eigenvalue weighted by Gasteiger charge is -2.27. The van der Waals surface area contributed by atoms with Crippen molar-refractivity contribution in [1.29, 1.82) is 0 Å². The molecule has 1 saturated heterocycles. The van der Waals surface area contributed by atoms with Gasteiger partial charge in [0.25, 0.3) is 5.91 Å². The van der Waals surface area contributed by atoms with Crippen LogP contribution in [0.3, 0.4) is 0 Å². The van der Waals surface area contributed by atoms with Gasteiger partial charge in [-0.2, -0.15) is 5.10 Å². The predicted molar refractivity (Wildman–Crippen MR) is 102 cm³/mol. The molecule has 1 aliphatic heterocycles. The number of aromatic nitrogens is 2. The average Bonchev–Trinajstić information content (AvgIpc) is 3.07. The summed E-state index contributed by atoms with van der Waals surface area (Å²) < 4.78 is 30.1. The van der Waals surface area contributed by atoms with E-state index < -0.39 is 22.4 Å². The van der Waals surface area contributed by atoms with Crippen molar-refractivity contribution < 1.29 is 22.7 Å². The Kier molecular flexibility index (Phi) is 6.80.